The number of benzene rings is 2. The highest BCUT2D eigenvalue weighted by Crippen LogP contribution is 2.29. The molecule has 2 aromatic carbocycles. The number of hydrogen-bond donors (Lipinski definition) is 0. The second-order valence-electron chi connectivity index (χ2n) is 5.25. The smallest absolute Gasteiger partial charge is 0.135 e. The summed E-state index contributed by atoms with van der Waals surface area (Å²) in [6, 6.07) is 13.2. The minimum absolute atomic E-state index is 0.0794. The fourth-order valence-electron chi connectivity index (χ4n) is 2.39. The minimum atomic E-state index is -1.24. The number of furan rings is 1. The van der Waals surface area contributed by atoms with E-state index in [-0.39, 0.29) is 5.56 Å². The molecular formula is C18H15O4-. The molecule has 0 saturated carbocycles. The maximum absolute atomic E-state index is 11.2. The number of rotatable bonds is 4. The van der Waals surface area contributed by atoms with Gasteiger partial charge >= 0.3 is 0 Å². The molecule has 4 nitrogen and oxygen atoms in total. The quantitative estimate of drug-likeness (QED) is 0.742. The second-order valence-corrected chi connectivity index (χ2v) is 5.25. The number of hydrogen-bond acceptors (Lipinski definition) is 4. The number of carbonyl (C=O) groups is 1. The van der Waals surface area contributed by atoms with Crippen molar-refractivity contribution < 1.29 is 19.1 Å². The van der Waals surface area contributed by atoms with E-state index in [2.05, 4.69) is 0 Å². The van der Waals surface area contributed by atoms with Crippen molar-refractivity contribution in [1.82, 2.24) is 0 Å². The van der Waals surface area contributed by atoms with Gasteiger partial charge in [-0.3, -0.25) is 0 Å². The highest BCUT2D eigenvalue weighted by Gasteiger charge is 2.12. The van der Waals surface area contributed by atoms with Crippen molar-refractivity contribution in [2.24, 2.45) is 0 Å². The number of carbonyl (C=O) groups excluding carboxylic acids is 1. The molecule has 3 aromatic rings. The Kier molecular flexibility index (Phi) is 3.59. The van der Waals surface area contributed by atoms with Crippen LogP contribution in [0, 0.1) is 13.8 Å². The number of ether oxygens (including phenoxy) is 1. The Balaban J connectivity index is 1.86. The first-order chi connectivity index (χ1) is 10.5. The van der Waals surface area contributed by atoms with Crippen LogP contribution in [0.15, 0.2) is 46.9 Å². The Hall–Kier alpha value is -2.75. The van der Waals surface area contributed by atoms with Gasteiger partial charge in [-0.1, -0.05) is 29.8 Å². The van der Waals surface area contributed by atoms with Crippen LogP contribution in [0.3, 0.4) is 0 Å². The summed E-state index contributed by atoms with van der Waals surface area (Å²) in [5, 5.41) is 11.7. The van der Waals surface area contributed by atoms with Crippen molar-refractivity contribution >= 4 is 16.9 Å². The van der Waals surface area contributed by atoms with Gasteiger partial charge in [0.2, 0.25) is 0 Å². The van der Waals surface area contributed by atoms with E-state index < -0.39 is 5.97 Å². The summed E-state index contributed by atoms with van der Waals surface area (Å²) < 4.78 is 11.1. The molecule has 0 N–H and O–H groups in total. The van der Waals surface area contributed by atoms with Crippen molar-refractivity contribution in [3.8, 4) is 5.75 Å². The zero-order valence-corrected chi connectivity index (χ0v) is 12.4. The Bertz CT molecular complexity index is 828. The fraction of sp³-hybridized carbons (Fsp3) is 0.167. The summed E-state index contributed by atoms with van der Waals surface area (Å²) in [5.41, 5.74) is 2.84. The van der Waals surface area contributed by atoms with Gasteiger partial charge in [-0.25, -0.2) is 0 Å². The minimum Gasteiger partial charge on any atom is -0.545 e. The molecule has 0 fully saturated rings. The number of carboxylic acids is 1. The largest absolute Gasteiger partial charge is 0.545 e. The van der Waals surface area contributed by atoms with Gasteiger partial charge in [0.1, 0.15) is 23.7 Å². The van der Waals surface area contributed by atoms with Crippen LogP contribution in [0.4, 0.5) is 0 Å². The standard InChI is InChI=1S/C18H16O4/c1-11-3-5-13(6-4-11)10-21-14-7-8-16-15(9-14)17(18(19)20)12(2)22-16/h3-9H,10H2,1-2H3,(H,19,20)/p-1. The van der Waals surface area contributed by atoms with Crippen LogP contribution in [0.1, 0.15) is 27.2 Å². The zero-order chi connectivity index (χ0) is 15.7. The highest BCUT2D eigenvalue weighted by atomic mass is 16.5. The molecule has 0 amide bonds. The van der Waals surface area contributed by atoms with Gasteiger partial charge < -0.3 is 19.1 Å². The normalized spacial score (nSPS) is 10.8. The van der Waals surface area contributed by atoms with Crippen molar-refractivity contribution in [2.45, 2.75) is 20.5 Å². The molecule has 0 radical (unpaired) electrons. The van der Waals surface area contributed by atoms with Gasteiger partial charge in [-0.15, -0.1) is 0 Å². The highest BCUT2D eigenvalue weighted by molar-refractivity contribution is 6.03. The second kappa shape index (κ2) is 5.56. The maximum atomic E-state index is 11.2. The van der Waals surface area contributed by atoms with Gasteiger partial charge in [-0.2, -0.15) is 0 Å². The third kappa shape index (κ3) is 2.68. The average molecular weight is 295 g/mol. The molecule has 0 bridgehead atoms. The van der Waals surface area contributed by atoms with E-state index in [9.17, 15) is 9.90 Å². The monoisotopic (exact) mass is 295 g/mol. The van der Waals surface area contributed by atoms with Crippen LogP contribution in [-0.2, 0) is 6.61 Å². The summed E-state index contributed by atoms with van der Waals surface area (Å²) in [4.78, 5) is 11.2. The fourth-order valence-corrected chi connectivity index (χ4v) is 2.39. The first kappa shape index (κ1) is 14.2. The summed E-state index contributed by atoms with van der Waals surface area (Å²) in [6.07, 6.45) is 0. The number of aromatic carboxylic acids is 1. The van der Waals surface area contributed by atoms with Crippen molar-refractivity contribution in [3.63, 3.8) is 0 Å². The molecule has 0 aliphatic heterocycles. The number of fused-ring (bicyclic) bond motifs is 1. The van der Waals surface area contributed by atoms with Crippen molar-refractivity contribution in [1.29, 1.82) is 0 Å². The summed E-state index contributed by atoms with van der Waals surface area (Å²) in [5.74, 6) is -0.311. The third-order valence-electron chi connectivity index (χ3n) is 3.57. The van der Waals surface area contributed by atoms with Gasteiger partial charge in [0, 0.05) is 10.9 Å². The van der Waals surface area contributed by atoms with Crippen molar-refractivity contribution in [2.75, 3.05) is 0 Å². The summed E-state index contributed by atoms with van der Waals surface area (Å²) in [7, 11) is 0. The number of aryl methyl sites for hydroxylation is 2. The molecule has 1 aromatic heterocycles. The molecule has 0 spiro atoms. The Labute approximate surface area is 127 Å². The Morgan fingerprint density at radius 2 is 1.86 bits per heavy atom. The summed E-state index contributed by atoms with van der Waals surface area (Å²) in [6.45, 7) is 4.06. The van der Waals surface area contributed by atoms with E-state index >= 15 is 0 Å². The van der Waals surface area contributed by atoms with E-state index in [1.165, 1.54) is 5.56 Å². The van der Waals surface area contributed by atoms with E-state index in [1.54, 1.807) is 25.1 Å². The average Bonchev–Trinajstić information content (AvgIpc) is 2.82. The molecule has 3 rings (SSSR count). The molecule has 4 heteroatoms. The predicted octanol–water partition coefficient (Wildman–Crippen LogP) is 2.99. The topological polar surface area (TPSA) is 62.5 Å². The first-order valence-corrected chi connectivity index (χ1v) is 6.97. The van der Waals surface area contributed by atoms with Crippen molar-refractivity contribution in [3.05, 3.63) is 64.9 Å². The van der Waals surface area contributed by atoms with Gasteiger partial charge in [-0.05, 0) is 37.6 Å². The van der Waals surface area contributed by atoms with Crippen LogP contribution in [0.25, 0.3) is 11.0 Å². The lowest BCUT2D eigenvalue weighted by molar-refractivity contribution is -0.254. The Morgan fingerprint density at radius 3 is 2.55 bits per heavy atom. The van der Waals surface area contributed by atoms with Gasteiger partial charge in [0.15, 0.2) is 0 Å². The molecule has 112 valence electrons. The maximum Gasteiger partial charge on any atom is 0.135 e. The van der Waals surface area contributed by atoms with Crippen LogP contribution in [-0.4, -0.2) is 5.97 Å². The summed E-state index contributed by atoms with van der Waals surface area (Å²) >= 11 is 0. The van der Waals surface area contributed by atoms with E-state index in [0.717, 1.165) is 5.56 Å². The lowest BCUT2D eigenvalue weighted by Crippen LogP contribution is -2.22. The molecular weight excluding hydrogens is 280 g/mol. The molecule has 0 unspecified atom stereocenters. The van der Waals surface area contributed by atoms with Gasteiger partial charge in [0.25, 0.3) is 0 Å². The zero-order valence-electron chi connectivity index (χ0n) is 12.4. The molecule has 1 heterocycles. The van der Waals surface area contributed by atoms with E-state index in [1.807, 2.05) is 31.2 Å². The molecule has 0 aliphatic rings. The van der Waals surface area contributed by atoms with E-state index in [0.29, 0.717) is 29.1 Å². The van der Waals surface area contributed by atoms with Crippen LogP contribution in [0.2, 0.25) is 0 Å². The molecule has 0 saturated heterocycles. The molecule has 0 atom stereocenters. The third-order valence-corrected chi connectivity index (χ3v) is 3.57. The lowest BCUT2D eigenvalue weighted by Gasteiger charge is -2.07. The molecule has 22 heavy (non-hydrogen) atoms. The van der Waals surface area contributed by atoms with Crippen LogP contribution < -0.4 is 9.84 Å². The van der Waals surface area contributed by atoms with Crippen LogP contribution in [0.5, 0.6) is 5.75 Å². The van der Waals surface area contributed by atoms with Gasteiger partial charge in [0.05, 0.1) is 5.97 Å². The number of carboxylic acid groups (broad SMARTS) is 1. The first-order valence-electron chi connectivity index (χ1n) is 6.97. The Morgan fingerprint density at radius 1 is 1.14 bits per heavy atom. The SMILES string of the molecule is Cc1ccc(COc2ccc3oc(C)c(C(=O)[O-])c3c2)cc1. The lowest BCUT2D eigenvalue weighted by atomic mass is 10.1. The van der Waals surface area contributed by atoms with E-state index in [4.69, 9.17) is 9.15 Å². The predicted molar refractivity (Wildman–Crippen MR) is 80.8 cm³/mol. The van der Waals surface area contributed by atoms with Crippen LogP contribution >= 0.6 is 0 Å². The molecule has 0 aliphatic carbocycles.